The smallest absolute Gasteiger partial charge is 0.185 e. The third-order valence-electron chi connectivity index (χ3n) is 3.50. The SMILES string of the molecule is CC(=O)SCCC(O)C(O)c1cnn([C@@H]2CCCCO2)c1. The van der Waals surface area contributed by atoms with Crippen molar-refractivity contribution >= 4 is 16.9 Å². The van der Waals surface area contributed by atoms with Gasteiger partial charge in [0.25, 0.3) is 0 Å². The molecular formula is C14H22N2O4S. The van der Waals surface area contributed by atoms with Gasteiger partial charge in [-0.25, -0.2) is 4.68 Å². The molecule has 1 fully saturated rings. The Morgan fingerprint density at radius 1 is 1.57 bits per heavy atom. The lowest BCUT2D eigenvalue weighted by Gasteiger charge is -2.22. The van der Waals surface area contributed by atoms with E-state index in [2.05, 4.69) is 5.10 Å². The van der Waals surface area contributed by atoms with Crippen LogP contribution in [-0.2, 0) is 9.53 Å². The summed E-state index contributed by atoms with van der Waals surface area (Å²) in [6.45, 7) is 2.22. The molecule has 21 heavy (non-hydrogen) atoms. The van der Waals surface area contributed by atoms with Crippen molar-refractivity contribution < 1.29 is 19.7 Å². The van der Waals surface area contributed by atoms with Crippen LogP contribution < -0.4 is 0 Å². The molecule has 1 aromatic rings. The van der Waals surface area contributed by atoms with Gasteiger partial charge in [-0.05, 0) is 25.7 Å². The summed E-state index contributed by atoms with van der Waals surface area (Å²) in [5.74, 6) is 0.493. The molecule has 7 heteroatoms. The fraction of sp³-hybridized carbons (Fsp3) is 0.714. The van der Waals surface area contributed by atoms with Crippen LogP contribution in [0.1, 0.15) is 50.5 Å². The Morgan fingerprint density at radius 2 is 2.38 bits per heavy atom. The number of hydrogen-bond acceptors (Lipinski definition) is 6. The standard InChI is InChI=1S/C14H22N2O4S/c1-10(17)21-7-5-12(18)14(19)11-8-15-16(9-11)13-4-2-3-6-20-13/h8-9,12-14,18-19H,2-7H2,1H3/t12?,13-,14?/m0/s1. The van der Waals surface area contributed by atoms with Crippen molar-refractivity contribution in [3.63, 3.8) is 0 Å². The first-order valence-electron chi connectivity index (χ1n) is 7.23. The molecule has 0 radical (unpaired) electrons. The molecule has 118 valence electrons. The number of aliphatic hydroxyl groups is 2. The quantitative estimate of drug-likeness (QED) is 0.830. The van der Waals surface area contributed by atoms with E-state index in [1.54, 1.807) is 17.1 Å². The summed E-state index contributed by atoms with van der Waals surface area (Å²) in [5, 5.41) is 24.3. The average molecular weight is 314 g/mol. The molecule has 0 bridgehead atoms. The first kappa shape index (κ1) is 16.5. The maximum absolute atomic E-state index is 10.8. The number of aromatic nitrogens is 2. The van der Waals surface area contributed by atoms with Gasteiger partial charge in [0, 0.05) is 31.0 Å². The van der Waals surface area contributed by atoms with Gasteiger partial charge in [-0.15, -0.1) is 0 Å². The van der Waals surface area contributed by atoms with E-state index in [4.69, 9.17) is 4.74 Å². The highest BCUT2D eigenvalue weighted by Crippen LogP contribution is 2.25. The van der Waals surface area contributed by atoms with Crippen molar-refractivity contribution in [2.75, 3.05) is 12.4 Å². The molecule has 2 unspecified atom stereocenters. The van der Waals surface area contributed by atoms with Crippen molar-refractivity contribution in [2.24, 2.45) is 0 Å². The lowest BCUT2D eigenvalue weighted by Crippen LogP contribution is -2.20. The zero-order chi connectivity index (χ0) is 15.2. The summed E-state index contributed by atoms with van der Waals surface area (Å²) in [7, 11) is 0. The molecule has 1 aromatic heterocycles. The number of aliphatic hydroxyl groups excluding tert-OH is 2. The Labute approximate surface area is 128 Å². The first-order valence-corrected chi connectivity index (χ1v) is 8.21. The predicted octanol–water partition coefficient (Wildman–Crippen LogP) is 1.65. The van der Waals surface area contributed by atoms with Crippen LogP contribution in [0.4, 0.5) is 0 Å². The van der Waals surface area contributed by atoms with Crippen LogP contribution in [0.2, 0.25) is 0 Å². The van der Waals surface area contributed by atoms with Crippen molar-refractivity contribution in [3.8, 4) is 0 Å². The summed E-state index contributed by atoms with van der Waals surface area (Å²) in [6, 6.07) is 0. The number of rotatable bonds is 6. The summed E-state index contributed by atoms with van der Waals surface area (Å²) >= 11 is 1.15. The van der Waals surface area contributed by atoms with E-state index in [0.29, 0.717) is 17.7 Å². The molecular weight excluding hydrogens is 292 g/mol. The number of carbonyl (C=O) groups is 1. The molecule has 0 saturated carbocycles. The number of carbonyl (C=O) groups excluding carboxylic acids is 1. The van der Waals surface area contributed by atoms with Crippen molar-refractivity contribution in [3.05, 3.63) is 18.0 Å². The van der Waals surface area contributed by atoms with E-state index in [1.807, 2.05) is 0 Å². The molecule has 6 nitrogen and oxygen atoms in total. The molecule has 1 saturated heterocycles. The van der Waals surface area contributed by atoms with E-state index in [9.17, 15) is 15.0 Å². The van der Waals surface area contributed by atoms with Crippen molar-refractivity contribution in [1.82, 2.24) is 9.78 Å². The average Bonchev–Trinajstić information content (AvgIpc) is 2.96. The first-order chi connectivity index (χ1) is 10.1. The highest BCUT2D eigenvalue weighted by atomic mass is 32.2. The van der Waals surface area contributed by atoms with Gasteiger partial charge in [0.1, 0.15) is 12.3 Å². The third-order valence-corrected chi connectivity index (χ3v) is 4.34. The highest BCUT2D eigenvalue weighted by molar-refractivity contribution is 8.13. The summed E-state index contributed by atoms with van der Waals surface area (Å²) in [6.07, 6.45) is 4.76. The van der Waals surface area contributed by atoms with Gasteiger partial charge in [0.05, 0.1) is 12.3 Å². The summed E-state index contributed by atoms with van der Waals surface area (Å²) in [4.78, 5) is 10.8. The molecule has 1 aliphatic heterocycles. The van der Waals surface area contributed by atoms with E-state index in [0.717, 1.165) is 37.6 Å². The third kappa shape index (κ3) is 4.81. The van der Waals surface area contributed by atoms with Crippen LogP contribution in [0.25, 0.3) is 0 Å². The van der Waals surface area contributed by atoms with Gasteiger partial charge in [0.2, 0.25) is 0 Å². The van der Waals surface area contributed by atoms with E-state index in [-0.39, 0.29) is 11.3 Å². The fourth-order valence-electron chi connectivity index (χ4n) is 2.30. The predicted molar refractivity (Wildman–Crippen MR) is 79.8 cm³/mol. The Bertz CT molecular complexity index is 460. The minimum absolute atomic E-state index is 0.0129. The van der Waals surface area contributed by atoms with Gasteiger partial charge in [-0.1, -0.05) is 11.8 Å². The minimum Gasteiger partial charge on any atom is -0.390 e. The van der Waals surface area contributed by atoms with Crippen LogP contribution in [0.3, 0.4) is 0 Å². The zero-order valence-electron chi connectivity index (χ0n) is 12.1. The second-order valence-electron chi connectivity index (χ2n) is 5.22. The molecule has 1 aliphatic rings. The monoisotopic (exact) mass is 314 g/mol. The number of hydrogen-bond donors (Lipinski definition) is 2. The molecule has 0 aliphatic carbocycles. The Balaban J connectivity index is 1.88. The number of nitrogens with zero attached hydrogens (tertiary/aromatic N) is 2. The van der Waals surface area contributed by atoms with Crippen molar-refractivity contribution in [1.29, 1.82) is 0 Å². The highest BCUT2D eigenvalue weighted by Gasteiger charge is 2.22. The van der Waals surface area contributed by atoms with E-state index >= 15 is 0 Å². The summed E-state index contributed by atoms with van der Waals surface area (Å²) in [5.41, 5.74) is 0.574. The molecule has 2 N–H and O–H groups in total. The van der Waals surface area contributed by atoms with E-state index in [1.165, 1.54) is 6.92 Å². The lowest BCUT2D eigenvalue weighted by molar-refractivity contribution is -0.109. The fourth-order valence-corrected chi connectivity index (χ4v) is 2.95. The molecule has 0 spiro atoms. The van der Waals surface area contributed by atoms with Crippen LogP contribution in [0.5, 0.6) is 0 Å². The topological polar surface area (TPSA) is 84.6 Å². The van der Waals surface area contributed by atoms with Gasteiger partial charge in [-0.3, -0.25) is 4.79 Å². The second-order valence-corrected chi connectivity index (χ2v) is 6.49. The Kier molecular flexibility index (Phi) is 6.22. The minimum atomic E-state index is -0.991. The molecule has 0 amide bonds. The molecule has 2 heterocycles. The largest absolute Gasteiger partial charge is 0.390 e. The van der Waals surface area contributed by atoms with Gasteiger partial charge in [0.15, 0.2) is 5.12 Å². The second kappa shape index (κ2) is 7.93. The number of thioether (sulfide) groups is 1. The van der Waals surface area contributed by atoms with Gasteiger partial charge < -0.3 is 14.9 Å². The number of ether oxygens (including phenoxy) is 1. The molecule has 0 aromatic carbocycles. The molecule has 3 atom stereocenters. The van der Waals surface area contributed by atoms with Crippen molar-refractivity contribution in [2.45, 2.75) is 51.0 Å². The summed E-state index contributed by atoms with van der Waals surface area (Å²) < 4.78 is 7.33. The van der Waals surface area contributed by atoms with Gasteiger partial charge >= 0.3 is 0 Å². The van der Waals surface area contributed by atoms with E-state index < -0.39 is 12.2 Å². The van der Waals surface area contributed by atoms with Crippen LogP contribution in [-0.4, -0.2) is 43.6 Å². The van der Waals surface area contributed by atoms with Crippen LogP contribution in [0, 0.1) is 0 Å². The molecule has 2 rings (SSSR count). The zero-order valence-corrected chi connectivity index (χ0v) is 13.0. The van der Waals surface area contributed by atoms with Crippen LogP contribution >= 0.6 is 11.8 Å². The Hall–Kier alpha value is -0.890. The maximum atomic E-state index is 10.8. The normalized spacial score (nSPS) is 22.0. The lowest BCUT2D eigenvalue weighted by atomic mass is 10.1. The van der Waals surface area contributed by atoms with Crippen LogP contribution in [0.15, 0.2) is 12.4 Å². The Morgan fingerprint density at radius 3 is 3.05 bits per heavy atom. The van der Waals surface area contributed by atoms with Gasteiger partial charge in [-0.2, -0.15) is 5.10 Å². The maximum Gasteiger partial charge on any atom is 0.185 e.